The number of aliphatic hydroxyl groups excluding tert-OH is 1. The molecule has 18 heavy (non-hydrogen) atoms. The molecule has 0 spiro atoms. The first kappa shape index (κ1) is 13.0. The van der Waals surface area contributed by atoms with Gasteiger partial charge >= 0.3 is 0 Å². The number of methoxy groups -OCH3 is 1. The number of ether oxygens (including phenoxy) is 1. The second-order valence-electron chi connectivity index (χ2n) is 4.01. The predicted octanol–water partition coefficient (Wildman–Crippen LogP) is 2.58. The number of rotatable bonds is 5. The van der Waals surface area contributed by atoms with Crippen LogP contribution in [0.5, 0.6) is 5.75 Å². The summed E-state index contributed by atoms with van der Waals surface area (Å²) in [5.74, 6) is 0.780. The van der Waals surface area contributed by atoms with Crippen LogP contribution in [-0.2, 0) is 6.42 Å². The van der Waals surface area contributed by atoms with Crippen molar-refractivity contribution in [1.82, 2.24) is 9.59 Å². The minimum atomic E-state index is -0.655. The van der Waals surface area contributed by atoms with Crippen molar-refractivity contribution in [3.05, 3.63) is 40.4 Å². The minimum absolute atomic E-state index is 0.655. The summed E-state index contributed by atoms with van der Waals surface area (Å²) in [4.78, 5) is 0.835. The summed E-state index contributed by atoms with van der Waals surface area (Å²) in [5, 5.41) is 14.4. The highest BCUT2D eigenvalue weighted by atomic mass is 32.1. The lowest BCUT2D eigenvalue weighted by Crippen LogP contribution is -2.01. The first-order valence-corrected chi connectivity index (χ1v) is 6.66. The molecule has 1 unspecified atom stereocenters. The molecule has 0 radical (unpaired) electrons. The normalized spacial score (nSPS) is 12.4. The number of hydrogen-bond acceptors (Lipinski definition) is 5. The Morgan fingerprint density at radius 1 is 1.33 bits per heavy atom. The SMILES string of the molecule is CCCc1nnsc1C(O)c1ccc(OC)cc1. The Labute approximate surface area is 110 Å². The van der Waals surface area contributed by atoms with Crippen LogP contribution in [0.15, 0.2) is 24.3 Å². The molecule has 4 nitrogen and oxygen atoms in total. The van der Waals surface area contributed by atoms with Gasteiger partial charge in [-0.3, -0.25) is 0 Å². The third-order valence-corrected chi connectivity index (χ3v) is 3.57. The molecule has 1 aromatic carbocycles. The van der Waals surface area contributed by atoms with Gasteiger partial charge in [0, 0.05) is 0 Å². The number of nitrogens with zero attached hydrogens (tertiary/aromatic N) is 2. The molecule has 2 aromatic rings. The number of aliphatic hydroxyl groups is 1. The lowest BCUT2D eigenvalue weighted by atomic mass is 10.1. The van der Waals surface area contributed by atoms with E-state index in [1.54, 1.807) is 7.11 Å². The highest BCUT2D eigenvalue weighted by molar-refractivity contribution is 7.05. The van der Waals surface area contributed by atoms with E-state index in [0.717, 1.165) is 34.7 Å². The summed E-state index contributed by atoms with van der Waals surface area (Å²) in [5.41, 5.74) is 1.73. The van der Waals surface area contributed by atoms with E-state index in [1.165, 1.54) is 11.5 Å². The Hall–Kier alpha value is -1.46. The molecule has 0 aliphatic heterocycles. The van der Waals surface area contributed by atoms with Gasteiger partial charge in [-0.1, -0.05) is 30.0 Å². The van der Waals surface area contributed by atoms with Crippen molar-refractivity contribution >= 4 is 11.5 Å². The zero-order chi connectivity index (χ0) is 13.0. The van der Waals surface area contributed by atoms with Crippen LogP contribution in [-0.4, -0.2) is 21.8 Å². The van der Waals surface area contributed by atoms with Crippen LogP contribution >= 0.6 is 11.5 Å². The largest absolute Gasteiger partial charge is 0.497 e. The van der Waals surface area contributed by atoms with Crippen molar-refractivity contribution in [2.45, 2.75) is 25.9 Å². The maximum Gasteiger partial charge on any atom is 0.118 e. The quantitative estimate of drug-likeness (QED) is 0.901. The number of aromatic nitrogens is 2. The van der Waals surface area contributed by atoms with Crippen LogP contribution in [0, 0.1) is 0 Å². The van der Waals surface area contributed by atoms with Gasteiger partial charge in [0.15, 0.2) is 0 Å². The topological polar surface area (TPSA) is 55.2 Å². The molecule has 5 heteroatoms. The first-order valence-electron chi connectivity index (χ1n) is 5.89. The molecule has 0 aliphatic rings. The maximum atomic E-state index is 10.3. The van der Waals surface area contributed by atoms with Gasteiger partial charge in [0.2, 0.25) is 0 Å². The van der Waals surface area contributed by atoms with Crippen molar-refractivity contribution in [3.63, 3.8) is 0 Å². The van der Waals surface area contributed by atoms with Crippen molar-refractivity contribution in [1.29, 1.82) is 0 Å². The van der Waals surface area contributed by atoms with Gasteiger partial charge in [0.25, 0.3) is 0 Å². The molecule has 0 amide bonds. The van der Waals surface area contributed by atoms with E-state index < -0.39 is 6.10 Å². The summed E-state index contributed by atoms with van der Waals surface area (Å²) >= 11 is 1.26. The summed E-state index contributed by atoms with van der Waals surface area (Å²) < 4.78 is 9.03. The van der Waals surface area contributed by atoms with Crippen LogP contribution in [0.3, 0.4) is 0 Å². The first-order chi connectivity index (χ1) is 8.76. The van der Waals surface area contributed by atoms with E-state index in [4.69, 9.17) is 4.74 Å². The summed E-state index contributed by atoms with van der Waals surface area (Å²) in [6, 6.07) is 7.40. The van der Waals surface area contributed by atoms with E-state index in [2.05, 4.69) is 16.5 Å². The maximum absolute atomic E-state index is 10.3. The molecule has 0 saturated heterocycles. The fourth-order valence-electron chi connectivity index (χ4n) is 1.77. The average molecular weight is 264 g/mol. The van der Waals surface area contributed by atoms with Crippen LogP contribution < -0.4 is 4.74 Å². The van der Waals surface area contributed by atoms with Crippen LogP contribution in [0.4, 0.5) is 0 Å². The molecule has 96 valence electrons. The van der Waals surface area contributed by atoms with Gasteiger partial charge in [-0.25, -0.2) is 0 Å². The predicted molar refractivity (Wildman–Crippen MR) is 71.0 cm³/mol. The van der Waals surface area contributed by atoms with E-state index in [9.17, 15) is 5.11 Å². The van der Waals surface area contributed by atoms with Crippen LogP contribution in [0.2, 0.25) is 0 Å². The molecule has 0 bridgehead atoms. The standard InChI is InChI=1S/C13H16N2O2S/c1-3-4-11-13(18-15-14-11)12(16)9-5-7-10(17-2)8-6-9/h5-8,12,16H,3-4H2,1-2H3. The van der Waals surface area contributed by atoms with Gasteiger partial charge in [-0.2, -0.15) is 0 Å². The second-order valence-corrected chi connectivity index (χ2v) is 4.80. The Balaban J connectivity index is 2.23. The molecular weight excluding hydrogens is 248 g/mol. The van der Waals surface area contributed by atoms with E-state index in [-0.39, 0.29) is 0 Å². The summed E-state index contributed by atoms with van der Waals surface area (Å²) in [7, 11) is 1.62. The second kappa shape index (κ2) is 5.93. The minimum Gasteiger partial charge on any atom is -0.497 e. The third-order valence-electron chi connectivity index (χ3n) is 2.75. The molecule has 1 heterocycles. The van der Waals surface area contributed by atoms with Crippen LogP contribution in [0.1, 0.15) is 35.6 Å². The zero-order valence-electron chi connectivity index (χ0n) is 10.5. The Bertz CT molecular complexity index is 496. The average Bonchev–Trinajstić information content (AvgIpc) is 2.87. The molecule has 1 N–H and O–H groups in total. The molecule has 1 aromatic heterocycles. The van der Waals surface area contributed by atoms with Crippen LogP contribution in [0.25, 0.3) is 0 Å². The smallest absolute Gasteiger partial charge is 0.118 e. The van der Waals surface area contributed by atoms with Gasteiger partial charge in [0.05, 0.1) is 17.7 Å². The van der Waals surface area contributed by atoms with Crippen molar-refractivity contribution in [2.75, 3.05) is 7.11 Å². The monoisotopic (exact) mass is 264 g/mol. The number of hydrogen-bond donors (Lipinski definition) is 1. The zero-order valence-corrected chi connectivity index (χ0v) is 11.3. The Kier molecular flexibility index (Phi) is 4.28. The van der Waals surface area contributed by atoms with Gasteiger partial charge in [-0.05, 0) is 35.6 Å². The lowest BCUT2D eigenvalue weighted by molar-refractivity contribution is 0.222. The molecule has 2 rings (SSSR count). The Morgan fingerprint density at radius 3 is 2.67 bits per heavy atom. The lowest BCUT2D eigenvalue weighted by Gasteiger charge is -2.10. The third kappa shape index (κ3) is 2.68. The molecular formula is C13H16N2O2S. The fraction of sp³-hybridized carbons (Fsp3) is 0.385. The van der Waals surface area contributed by atoms with Gasteiger partial charge in [-0.15, -0.1) is 5.10 Å². The van der Waals surface area contributed by atoms with Gasteiger partial charge in [0.1, 0.15) is 11.9 Å². The fourth-order valence-corrected chi connectivity index (χ4v) is 2.48. The van der Waals surface area contributed by atoms with E-state index in [0.29, 0.717) is 0 Å². The van der Waals surface area contributed by atoms with Crippen molar-refractivity contribution in [3.8, 4) is 5.75 Å². The molecule has 1 atom stereocenters. The molecule has 0 aliphatic carbocycles. The molecule has 0 fully saturated rings. The van der Waals surface area contributed by atoms with E-state index in [1.807, 2.05) is 24.3 Å². The summed E-state index contributed by atoms with van der Waals surface area (Å²) in [6.07, 6.45) is 1.18. The number of aryl methyl sites for hydroxylation is 1. The highest BCUT2D eigenvalue weighted by Crippen LogP contribution is 2.28. The highest BCUT2D eigenvalue weighted by Gasteiger charge is 2.18. The number of benzene rings is 1. The van der Waals surface area contributed by atoms with Crippen molar-refractivity contribution < 1.29 is 9.84 Å². The summed E-state index contributed by atoms with van der Waals surface area (Å²) in [6.45, 7) is 2.09. The van der Waals surface area contributed by atoms with Crippen molar-refractivity contribution in [2.24, 2.45) is 0 Å². The Morgan fingerprint density at radius 2 is 2.06 bits per heavy atom. The van der Waals surface area contributed by atoms with Gasteiger partial charge < -0.3 is 9.84 Å². The molecule has 0 saturated carbocycles. The van der Waals surface area contributed by atoms with E-state index >= 15 is 0 Å².